The van der Waals surface area contributed by atoms with Gasteiger partial charge in [0, 0.05) is 6.61 Å². The Kier molecular flexibility index (Phi) is 3.20. The molecule has 0 N–H and O–H groups in total. The van der Waals surface area contributed by atoms with Gasteiger partial charge in [0.2, 0.25) is 0 Å². The lowest BCUT2D eigenvalue weighted by molar-refractivity contribution is 0.00214. The highest BCUT2D eigenvalue weighted by Gasteiger charge is 2.09. The van der Waals surface area contributed by atoms with E-state index < -0.39 is 0 Å². The Morgan fingerprint density at radius 2 is 1.89 bits per heavy atom. The summed E-state index contributed by atoms with van der Waals surface area (Å²) >= 11 is 0. The number of ether oxygens (including phenoxy) is 1. The topological polar surface area (TPSA) is 9.23 Å². The zero-order chi connectivity index (χ0) is 7.49. The number of rotatable bonds is 3. The van der Waals surface area contributed by atoms with Crippen LogP contribution in [0.2, 0.25) is 0 Å². The largest absolute Gasteiger partial charge is 0.375 e. The van der Waals surface area contributed by atoms with Crippen LogP contribution in [0, 0.1) is 12.8 Å². The first-order valence-electron chi connectivity index (χ1n) is 3.41. The van der Waals surface area contributed by atoms with E-state index in [1.165, 1.54) is 0 Å². The highest BCUT2D eigenvalue weighted by molar-refractivity contribution is 4.70. The van der Waals surface area contributed by atoms with Crippen molar-refractivity contribution in [3.8, 4) is 0 Å². The Balaban J connectivity index is 3.28. The minimum Gasteiger partial charge on any atom is -0.375 e. The first kappa shape index (κ1) is 8.96. The number of hydrogen-bond acceptors (Lipinski definition) is 1. The molecule has 0 amide bonds. The summed E-state index contributed by atoms with van der Waals surface area (Å²) in [4.78, 5) is 0. The summed E-state index contributed by atoms with van der Waals surface area (Å²) in [6.07, 6.45) is 0. The number of hydrogen-bond donors (Lipinski definition) is 0. The van der Waals surface area contributed by atoms with Gasteiger partial charge in [0.15, 0.2) is 0 Å². The van der Waals surface area contributed by atoms with Gasteiger partial charge in [0.05, 0.1) is 5.60 Å². The van der Waals surface area contributed by atoms with Gasteiger partial charge < -0.3 is 4.74 Å². The maximum Gasteiger partial charge on any atom is 0.0627 e. The molecule has 1 nitrogen and oxygen atoms in total. The van der Waals surface area contributed by atoms with Gasteiger partial charge in [0.1, 0.15) is 0 Å². The Hall–Kier alpha value is -0.0400. The maximum absolute atomic E-state index is 5.38. The SMILES string of the molecule is [CH2]C(C)(C)OCC(C)C. The summed E-state index contributed by atoms with van der Waals surface area (Å²) in [6.45, 7) is 12.8. The summed E-state index contributed by atoms with van der Waals surface area (Å²) in [5.41, 5.74) is -0.218. The third-order valence-electron chi connectivity index (χ3n) is 0.807. The molecule has 0 aromatic carbocycles. The van der Waals surface area contributed by atoms with E-state index in [9.17, 15) is 0 Å². The van der Waals surface area contributed by atoms with Crippen LogP contribution in [0.1, 0.15) is 27.7 Å². The molecule has 0 aliphatic rings. The molecular formula is C8H17O. The van der Waals surface area contributed by atoms with Crippen LogP contribution in [-0.2, 0) is 4.74 Å². The molecule has 0 saturated carbocycles. The molecule has 0 unspecified atom stereocenters. The second kappa shape index (κ2) is 3.21. The average molecular weight is 129 g/mol. The molecule has 0 aromatic heterocycles. The van der Waals surface area contributed by atoms with Crippen molar-refractivity contribution in [2.45, 2.75) is 33.3 Å². The van der Waals surface area contributed by atoms with E-state index >= 15 is 0 Å². The maximum atomic E-state index is 5.38. The highest BCUT2D eigenvalue weighted by Crippen LogP contribution is 2.07. The smallest absolute Gasteiger partial charge is 0.0627 e. The van der Waals surface area contributed by atoms with Gasteiger partial charge in [-0.15, -0.1) is 0 Å². The van der Waals surface area contributed by atoms with Crippen molar-refractivity contribution in [3.05, 3.63) is 6.92 Å². The molecule has 1 heteroatoms. The molecule has 0 heterocycles. The van der Waals surface area contributed by atoms with Gasteiger partial charge in [-0.05, 0) is 26.7 Å². The van der Waals surface area contributed by atoms with Crippen molar-refractivity contribution in [2.24, 2.45) is 5.92 Å². The van der Waals surface area contributed by atoms with Crippen molar-refractivity contribution < 1.29 is 4.74 Å². The summed E-state index contributed by atoms with van der Waals surface area (Å²) in [5, 5.41) is 0. The zero-order valence-corrected chi connectivity index (χ0v) is 6.90. The summed E-state index contributed by atoms with van der Waals surface area (Å²) in [5.74, 6) is 0.603. The molecule has 0 atom stereocenters. The van der Waals surface area contributed by atoms with E-state index in [1.54, 1.807) is 0 Å². The van der Waals surface area contributed by atoms with Crippen molar-refractivity contribution in [3.63, 3.8) is 0 Å². The monoisotopic (exact) mass is 129 g/mol. The summed E-state index contributed by atoms with van der Waals surface area (Å²) in [6, 6.07) is 0. The van der Waals surface area contributed by atoms with E-state index in [1.807, 2.05) is 13.8 Å². The van der Waals surface area contributed by atoms with Crippen LogP contribution in [0.25, 0.3) is 0 Å². The fourth-order valence-corrected chi connectivity index (χ4v) is 0.392. The quantitative estimate of drug-likeness (QED) is 0.568. The van der Waals surface area contributed by atoms with Crippen molar-refractivity contribution >= 4 is 0 Å². The minimum absolute atomic E-state index is 0.218. The predicted molar refractivity (Wildman–Crippen MR) is 40.2 cm³/mol. The van der Waals surface area contributed by atoms with Crippen LogP contribution in [-0.4, -0.2) is 12.2 Å². The van der Waals surface area contributed by atoms with Gasteiger partial charge in [-0.25, -0.2) is 0 Å². The van der Waals surface area contributed by atoms with E-state index in [0.717, 1.165) is 6.61 Å². The lowest BCUT2D eigenvalue weighted by Crippen LogP contribution is -2.22. The normalized spacial score (nSPS) is 12.7. The van der Waals surface area contributed by atoms with E-state index in [2.05, 4.69) is 20.8 Å². The zero-order valence-electron chi connectivity index (χ0n) is 6.90. The molecule has 55 valence electrons. The molecule has 0 bridgehead atoms. The molecular weight excluding hydrogens is 112 g/mol. The lowest BCUT2D eigenvalue weighted by Gasteiger charge is -2.20. The second-order valence-corrected chi connectivity index (χ2v) is 3.46. The summed E-state index contributed by atoms with van der Waals surface area (Å²) < 4.78 is 5.38. The van der Waals surface area contributed by atoms with Crippen molar-refractivity contribution in [1.82, 2.24) is 0 Å². The molecule has 0 aliphatic heterocycles. The Morgan fingerprint density at radius 3 is 2.00 bits per heavy atom. The third kappa shape index (κ3) is 7.96. The van der Waals surface area contributed by atoms with Gasteiger partial charge in [-0.1, -0.05) is 13.8 Å². The van der Waals surface area contributed by atoms with Gasteiger partial charge in [-0.2, -0.15) is 0 Å². The first-order chi connectivity index (χ1) is 3.92. The average Bonchev–Trinajstić information content (AvgIpc) is 1.59. The summed E-state index contributed by atoms with van der Waals surface area (Å²) in [7, 11) is 0. The third-order valence-corrected chi connectivity index (χ3v) is 0.807. The molecule has 0 rings (SSSR count). The van der Waals surface area contributed by atoms with Crippen molar-refractivity contribution in [1.29, 1.82) is 0 Å². The van der Waals surface area contributed by atoms with Gasteiger partial charge in [-0.3, -0.25) is 0 Å². The van der Waals surface area contributed by atoms with Crippen LogP contribution >= 0.6 is 0 Å². The molecule has 0 spiro atoms. The van der Waals surface area contributed by atoms with Crippen LogP contribution in [0.4, 0.5) is 0 Å². The van der Waals surface area contributed by atoms with E-state index in [0.29, 0.717) is 5.92 Å². The second-order valence-electron chi connectivity index (χ2n) is 3.46. The van der Waals surface area contributed by atoms with Crippen molar-refractivity contribution in [2.75, 3.05) is 6.61 Å². The molecule has 0 fully saturated rings. The minimum atomic E-state index is -0.218. The van der Waals surface area contributed by atoms with Gasteiger partial charge in [0.25, 0.3) is 0 Å². The van der Waals surface area contributed by atoms with Crippen LogP contribution in [0.5, 0.6) is 0 Å². The predicted octanol–water partition coefficient (Wildman–Crippen LogP) is 2.27. The Labute approximate surface area is 58.4 Å². The molecule has 0 saturated heterocycles. The Bertz CT molecular complexity index is 69.1. The molecule has 0 aliphatic carbocycles. The van der Waals surface area contributed by atoms with Crippen LogP contribution in [0.3, 0.4) is 0 Å². The Morgan fingerprint density at radius 1 is 1.44 bits per heavy atom. The molecule has 9 heavy (non-hydrogen) atoms. The van der Waals surface area contributed by atoms with Gasteiger partial charge >= 0.3 is 0 Å². The highest BCUT2D eigenvalue weighted by atomic mass is 16.5. The molecule has 0 aromatic rings. The first-order valence-corrected chi connectivity index (χ1v) is 3.41. The van der Waals surface area contributed by atoms with Crippen LogP contribution in [0.15, 0.2) is 0 Å². The fourth-order valence-electron chi connectivity index (χ4n) is 0.392. The standard InChI is InChI=1S/C8H17O/c1-7(2)6-9-8(3,4)5/h7H,3,6H2,1-2,4-5H3. The van der Waals surface area contributed by atoms with Crippen LogP contribution < -0.4 is 0 Å². The fraction of sp³-hybridized carbons (Fsp3) is 0.875. The van der Waals surface area contributed by atoms with E-state index in [4.69, 9.17) is 4.74 Å². The molecule has 1 radical (unpaired) electrons. The van der Waals surface area contributed by atoms with E-state index in [-0.39, 0.29) is 5.60 Å². The lowest BCUT2D eigenvalue weighted by atomic mass is 10.2.